The number of aryl methyl sites for hydroxylation is 2. The highest BCUT2D eigenvalue weighted by Gasteiger charge is 2.19. The fourth-order valence-electron chi connectivity index (χ4n) is 3.19. The first-order valence-corrected chi connectivity index (χ1v) is 8.18. The van der Waals surface area contributed by atoms with Crippen LogP contribution in [-0.2, 0) is 19.4 Å². The van der Waals surface area contributed by atoms with E-state index in [2.05, 4.69) is 15.1 Å². The molecule has 1 aromatic carbocycles. The van der Waals surface area contributed by atoms with Crippen LogP contribution in [0.15, 0.2) is 35.1 Å². The second kappa shape index (κ2) is 5.79. The lowest BCUT2D eigenvalue weighted by molar-refractivity contribution is 0.527. The molecule has 1 aliphatic carbocycles. The number of benzene rings is 1. The number of nitrogens with zero attached hydrogens (tertiary/aromatic N) is 4. The maximum atomic E-state index is 12.4. The van der Waals surface area contributed by atoms with Crippen LogP contribution in [0.4, 0.5) is 0 Å². The molecule has 0 fully saturated rings. The van der Waals surface area contributed by atoms with Gasteiger partial charge in [0.25, 0.3) is 5.56 Å². The molecule has 24 heavy (non-hydrogen) atoms. The third-order valence-corrected chi connectivity index (χ3v) is 4.54. The van der Waals surface area contributed by atoms with Gasteiger partial charge < -0.3 is 5.73 Å². The Hall–Kier alpha value is -2.60. The number of hydrogen-bond acceptors (Lipinski definition) is 5. The second-order valence-electron chi connectivity index (χ2n) is 6.36. The molecule has 2 N–H and O–H groups in total. The van der Waals surface area contributed by atoms with Gasteiger partial charge in [0.15, 0.2) is 0 Å². The standard InChI is InChI=1S/C18H19N5O/c1-11-17(21-16-5-3-2-4-15(16)20-11)10-23-18(24)9-12-8-13(19)6-7-14(12)22-23/h2-5,9,13H,6-8,10,19H2,1H3. The van der Waals surface area contributed by atoms with E-state index in [0.29, 0.717) is 6.54 Å². The van der Waals surface area contributed by atoms with Crippen LogP contribution >= 0.6 is 0 Å². The molecule has 1 aliphatic rings. The van der Waals surface area contributed by atoms with E-state index in [1.54, 1.807) is 6.07 Å². The van der Waals surface area contributed by atoms with Crippen LogP contribution in [0, 0.1) is 6.92 Å². The Balaban J connectivity index is 1.73. The first-order valence-electron chi connectivity index (χ1n) is 8.18. The average Bonchev–Trinajstić information content (AvgIpc) is 2.56. The van der Waals surface area contributed by atoms with Crippen LogP contribution in [-0.4, -0.2) is 25.8 Å². The summed E-state index contributed by atoms with van der Waals surface area (Å²) in [6, 6.07) is 9.54. The van der Waals surface area contributed by atoms with Crippen LogP contribution in [0.5, 0.6) is 0 Å². The largest absolute Gasteiger partial charge is 0.327 e. The molecule has 0 amide bonds. The molecule has 1 unspecified atom stereocenters. The van der Waals surface area contributed by atoms with Gasteiger partial charge in [0, 0.05) is 12.1 Å². The van der Waals surface area contributed by atoms with Crippen molar-refractivity contribution in [2.24, 2.45) is 5.73 Å². The lowest BCUT2D eigenvalue weighted by Gasteiger charge is -2.21. The van der Waals surface area contributed by atoms with Crippen LogP contribution in [0.1, 0.15) is 29.1 Å². The van der Waals surface area contributed by atoms with Gasteiger partial charge in [-0.1, -0.05) is 12.1 Å². The van der Waals surface area contributed by atoms with Crippen molar-refractivity contribution >= 4 is 11.0 Å². The summed E-state index contributed by atoms with van der Waals surface area (Å²) in [7, 11) is 0. The molecule has 0 aliphatic heterocycles. The molecule has 0 saturated carbocycles. The van der Waals surface area contributed by atoms with Crippen LogP contribution in [0.25, 0.3) is 11.0 Å². The summed E-state index contributed by atoms with van der Waals surface area (Å²) in [5, 5.41) is 4.54. The van der Waals surface area contributed by atoms with Gasteiger partial charge in [0.2, 0.25) is 0 Å². The fourth-order valence-corrected chi connectivity index (χ4v) is 3.19. The molecule has 4 rings (SSSR count). The number of nitrogens with two attached hydrogens (primary N) is 1. The van der Waals surface area contributed by atoms with E-state index in [9.17, 15) is 4.79 Å². The molecule has 0 bridgehead atoms. The third kappa shape index (κ3) is 2.69. The predicted molar refractivity (Wildman–Crippen MR) is 91.9 cm³/mol. The summed E-state index contributed by atoms with van der Waals surface area (Å²) in [6.45, 7) is 2.25. The van der Waals surface area contributed by atoms with Gasteiger partial charge in [-0.2, -0.15) is 5.10 Å². The molecule has 3 aromatic rings. The van der Waals surface area contributed by atoms with Crippen molar-refractivity contribution in [1.29, 1.82) is 0 Å². The van der Waals surface area contributed by atoms with Crippen LogP contribution < -0.4 is 11.3 Å². The van der Waals surface area contributed by atoms with E-state index in [4.69, 9.17) is 5.73 Å². The Morgan fingerprint density at radius 3 is 2.79 bits per heavy atom. The highest BCUT2D eigenvalue weighted by Crippen LogP contribution is 2.17. The number of hydrogen-bond donors (Lipinski definition) is 1. The highest BCUT2D eigenvalue weighted by molar-refractivity contribution is 5.74. The van der Waals surface area contributed by atoms with Crippen molar-refractivity contribution in [2.75, 3.05) is 0 Å². The molecule has 6 heteroatoms. The van der Waals surface area contributed by atoms with Gasteiger partial charge in [-0.25, -0.2) is 14.6 Å². The molecule has 0 radical (unpaired) electrons. The number of rotatable bonds is 2. The zero-order valence-electron chi connectivity index (χ0n) is 13.6. The zero-order chi connectivity index (χ0) is 16.7. The Morgan fingerprint density at radius 1 is 1.25 bits per heavy atom. The summed E-state index contributed by atoms with van der Waals surface area (Å²) in [4.78, 5) is 21.6. The van der Waals surface area contributed by atoms with Gasteiger partial charge in [0.05, 0.1) is 34.7 Å². The van der Waals surface area contributed by atoms with Gasteiger partial charge >= 0.3 is 0 Å². The normalized spacial score (nSPS) is 17.0. The fraction of sp³-hybridized carbons (Fsp3) is 0.333. The quantitative estimate of drug-likeness (QED) is 0.770. The summed E-state index contributed by atoms with van der Waals surface area (Å²) in [5.41, 5.74) is 11.1. The van der Waals surface area contributed by atoms with E-state index in [-0.39, 0.29) is 11.6 Å². The lowest BCUT2D eigenvalue weighted by atomic mass is 9.93. The zero-order valence-corrected chi connectivity index (χ0v) is 13.6. The van der Waals surface area contributed by atoms with Crippen molar-refractivity contribution in [3.63, 3.8) is 0 Å². The van der Waals surface area contributed by atoms with Crippen molar-refractivity contribution < 1.29 is 0 Å². The number of fused-ring (bicyclic) bond motifs is 2. The maximum Gasteiger partial charge on any atom is 0.267 e. The van der Waals surface area contributed by atoms with E-state index >= 15 is 0 Å². The number of aromatic nitrogens is 4. The Morgan fingerprint density at radius 2 is 2.00 bits per heavy atom. The first-order chi connectivity index (χ1) is 11.6. The molecule has 0 spiro atoms. The van der Waals surface area contributed by atoms with Gasteiger partial charge in [-0.15, -0.1) is 0 Å². The molecule has 1 atom stereocenters. The molecule has 0 saturated heterocycles. The Kier molecular flexibility index (Phi) is 3.61. The minimum absolute atomic E-state index is 0.114. The molecule has 122 valence electrons. The van der Waals surface area contributed by atoms with Crippen molar-refractivity contribution in [1.82, 2.24) is 19.7 Å². The SMILES string of the molecule is Cc1nc2ccccc2nc1Cn1nc2c(cc1=O)CC(N)CC2. The van der Waals surface area contributed by atoms with E-state index in [1.165, 1.54) is 4.68 Å². The summed E-state index contributed by atoms with van der Waals surface area (Å²) < 4.78 is 1.49. The van der Waals surface area contributed by atoms with Crippen molar-refractivity contribution in [2.45, 2.75) is 38.8 Å². The second-order valence-corrected chi connectivity index (χ2v) is 6.36. The Bertz CT molecular complexity index is 979. The predicted octanol–water partition coefficient (Wildman–Crippen LogP) is 1.36. The van der Waals surface area contributed by atoms with Gasteiger partial charge in [0.1, 0.15) is 0 Å². The minimum Gasteiger partial charge on any atom is -0.327 e. The lowest BCUT2D eigenvalue weighted by Crippen LogP contribution is -2.33. The van der Waals surface area contributed by atoms with Crippen molar-refractivity contribution in [3.8, 4) is 0 Å². The average molecular weight is 321 g/mol. The number of para-hydroxylation sites is 2. The van der Waals surface area contributed by atoms with Gasteiger partial charge in [-0.05, 0) is 43.9 Å². The molecular formula is C18H19N5O. The molecule has 6 nitrogen and oxygen atoms in total. The van der Waals surface area contributed by atoms with E-state index < -0.39 is 0 Å². The smallest absolute Gasteiger partial charge is 0.267 e. The van der Waals surface area contributed by atoms with Crippen LogP contribution in [0.2, 0.25) is 0 Å². The highest BCUT2D eigenvalue weighted by atomic mass is 16.1. The summed E-state index contributed by atoms with van der Waals surface area (Å²) in [5.74, 6) is 0. The first kappa shape index (κ1) is 15.0. The Labute approximate surface area is 139 Å². The summed E-state index contributed by atoms with van der Waals surface area (Å²) in [6.07, 6.45) is 2.46. The molecular weight excluding hydrogens is 302 g/mol. The molecule has 2 heterocycles. The van der Waals surface area contributed by atoms with E-state index in [0.717, 1.165) is 52.9 Å². The van der Waals surface area contributed by atoms with E-state index in [1.807, 2.05) is 31.2 Å². The summed E-state index contributed by atoms with van der Waals surface area (Å²) >= 11 is 0. The van der Waals surface area contributed by atoms with Crippen LogP contribution in [0.3, 0.4) is 0 Å². The molecule has 2 aromatic heterocycles. The third-order valence-electron chi connectivity index (χ3n) is 4.54. The van der Waals surface area contributed by atoms with Gasteiger partial charge in [-0.3, -0.25) is 4.79 Å². The minimum atomic E-state index is -0.114. The maximum absolute atomic E-state index is 12.4. The van der Waals surface area contributed by atoms with Crippen molar-refractivity contribution in [3.05, 3.63) is 63.3 Å². The topological polar surface area (TPSA) is 86.7 Å². The monoisotopic (exact) mass is 321 g/mol.